The molecule has 2 aliphatic rings. The first-order valence-electron chi connectivity index (χ1n) is 7.72. The third kappa shape index (κ3) is 2.73. The van der Waals surface area contributed by atoms with Crippen LogP contribution in [0, 0.1) is 0 Å². The van der Waals surface area contributed by atoms with Gasteiger partial charge in [-0.05, 0) is 30.3 Å². The van der Waals surface area contributed by atoms with Gasteiger partial charge in [-0.25, -0.2) is 8.42 Å². The highest BCUT2D eigenvalue weighted by atomic mass is 35.5. The zero-order valence-corrected chi connectivity index (χ0v) is 14.6. The van der Waals surface area contributed by atoms with Crippen LogP contribution in [0.5, 0.6) is 11.5 Å². The first kappa shape index (κ1) is 16.2. The summed E-state index contributed by atoms with van der Waals surface area (Å²) in [5.74, 6) is 0.800. The van der Waals surface area contributed by atoms with E-state index < -0.39 is 10.0 Å². The number of halogens is 1. The fourth-order valence-electron chi connectivity index (χ4n) is 2.97. The van der Waals surface area contributed by atoms with E-state index in [1.807, 2.05) is 0 Å². The van der Waals surface area contributed by atoms with Crippen molar-refractivity contribution < 1.29 is 22.7 Å². The Bertz CT molecular complexity index is 973. The highest BCUT2D eigenvalue weighted by Crippen LogP contribution is 2.37. The maximum atomic E-state index is 13.1. The van der Waals surface area contributed by atoms with Crippen molar-refractivity contribution in [2.45, 2.75) is 11.3 Å². The van der Waals surface area contributed by atoms with Crippen molar-refractivity contribution in [2.24, 2.45) is 0 Å². The molecule has 6 nitrogen and oxygen atoms in total. The van der Waals surface area contributed by atoms with Crippen LogP contribution >= 0.6 is 11.6 Å². The zero-order chi connectivity index (χ0) is 17.6. The van der Waals surface area contributed by atoms with E-state index >= 15 is 0 Å². The standard InChI is InChI=1S/C17H14ClNO5S/c18-11-1-3-14-13(9-11)15(20)5-6-19(14)25(21,22)12-2-4-16-17(10-12)24-8-7-23-16/h1-4,9-10H,5-8H2. The van der Waals surface area contributed by atoms with E-state index in [1.165, 1.54) is 22.5 Å². The number of nitrogens with zero attached hydrogens (tertiary/aromatic N) is 1. The van der Waals surface area contributed by atoms with Gasteiger partial charge in [0.05, 0.1) is 10.6 Å². The lowest BCUT2D eigenvalue weighted by Crippen LogP contribution is -2.37. The molecular formula is C17H14ClNO5S. The minimum Gasteiger partial charge on any atom is -0.486 e. The number of sulfonamides is 1. The summed E-state index contributed by atoms with van der Waals surface area (Å²) in [6, 6.07) is 9.16. The second-order valence-electron chi connectivity index (χ2n) is 5.72. The van der Waals surface area contributed by atoms with Crippen LogP contribution in [0.3, 0.4) is 0 Å². The molecule has 0 saturated carbocycles. The van der Waals surface area contributed by atoms with Gasteiger partial charge in [0.2, 0.25) is 0 Å². The molecule has 130 valence electrons. The lowest BCUT2D eigenvalue weighted by atomic mass is 10.0. The molecule has 0 bridgehead atoms. The molecule has 0 amide bonds. The molecule has 0 unspecified atom stereocenters. The summed E-state index contributed by atoms with van der Waals surface area (Å²) >= 11 is 5.95. The Kier molecular flexibility index (Phi) is 3.85. The van der Waals surface area contributed by atoms with Crippen LogP contribution in [-0.4, -0.2) is 34.0 Å². The number of carbonyl (C=O) groups is 1. The molecule has 0 aliphatic carbocycles. The fourth-order valence-corrected chi connectivity index (χ4v) is 4.64. The van der Waals surface area contributed by atoms with Gasteiger partial charge in [0.1, 0.15) is 13.2 Å². The first-order chi connectivity index (χ1) is 12.0. The third-order valence-electron chi connectivity index (χ3n) is 4.17. The van der Waals surface area contributed by atoms with Gasteiger partial charge in [0, 0.05) is 29.6 Å². The Morgan fingerprint density at radius 3 is 2.56 bits per heavy atom. The van der Waals surface area contributed by atoms with E-state index in [4.69, 9.17) is 21.1 Å². The predicted molar refractivity (Wildman–Crippen MR) is 92.4 cm³/mol. The van der Waals surface area contributed by atoms with Crippen molar-refractivity contribution in [3.63, 3.8) is 0 Å². The summed E-state index contributed by atoms with van der Waals surface area (Å²) in [5.41, 5.74) is 0.662. The number of fused-ring (bicyclic) bond motifs is 2. The van der Waals surface area contributed by atoms with Crippen LogP contribution in [0.25, 0.3) is 0 Å². The number of hydrogen-bond donors (Lipinski definition) is 0. The molecule has 25 heavy (non-hydrogen) atoms. The number of ether oxygens (including phenoxy) is 2. The smallest absolute Gasteiger partial charge is 0.264 e. The Morgan fingerprint density at radius 1 is 1.00 bits per heavy atom. The SMILES string of the molecule is O=C1CCN(S(=O)(=O)c2ccc3c(c2)OCCO3)c2ccc(Cl)cc21. The quantitative estimate of drug-likeness (QED) is 0.802. The van der Waals surface area contributed by atoms with Crippen LogP contribution < -0.4 is 13.8 Å². The van der Waals surface area contributed by atoms with E-state index in [-0.39, 0.29) is 23.6 Å². The average molecular weight is 380 g/mol. The molecule has 0 atom stereocenters. The van der Waals surface area contributed by atoms with Gasteiger partial charge in [-0.2, -0.15) is 0 Å². The number of ketones is 1. The van der Waals surface area contributed by atoms with Crippen LogP contribution in [0.4, 0.5) is 5.69 Å². The molecule has 0 radical (unpaired) electrons. The monoisotopic (exact) mass is 379 g/mol. The summed E-state index contributed by atoms with van der Waals surface area (Å²) in [6.45, 7) is 0.891. The van der Waals surface area contributed by atoms with Crippen molar-refractivity contribution >= 4 is 33.1 Å². The Labute approximate surface area is 150 Å². The van der Waals surface area contributed by atoms with Crippen molar-refractivity contribution in [1.82, 2.24) is 0 Å². The minimum absolute atomic E-state index is 0.0875. The van der Waals surface area contributed by atoms with Gasteiger partial charge < -0.3 is 9.47 Å². The van der Waals surface area contributed by atoms with Crippen LogP contribution in [0.1, 0.15) is 16.8 Å². The number of Topliss-reactive ketones (excluding diaryl/α,β-unsaturated/α-hetero) is 1. The van der Waals surface area contributed by atoms with Gasteiger partial charge in [0.15, 0.2) is 17.3 Å². The predicted octanol–water partition coefficient (Wildman–Crippen LogP) is 2.89. The highest BCUT2D eigenvalue weighted by Gasteiger charge is 2.33. The van der Waals surface area contributed by atoms with Crippen molar-refractivity contribution in [3.8, 4) is 11.5 Å². The maximum absolute atomic E-state index is 13.1. The molecule has 0 aromatic heterocycles. The second kappa shape index (κ2) is 5.93. The number of anilines is 1. The molecule has 8 heteroatoms. The molecule has 2 aromatic rings. The van der Waals surface area contributed by atoms with Gasteiger partial charge in [0.25, 0.3) is 10.0 Å². The largest absolute Gasteiger partial charge is 0.486 e. The van der Waals surface area contributed by atoms with E-state index in [2.05, 4.69) is 0 Å². The van der Waals surface area contributed by atoms with E-state index in [9.17, 15) is 13.2 Å². The summed E-state index contributed by atoms with van der Waals surface area (Å²) in [5, 5.41) is 0.394. The molecule has 0 fully saturated rings. The highest BCUT2D eigenvalue weighted by molar-refractivity contribution is 7.92. The third-order valence-corrected chi connectivity index (χ3v) is 6.22. The van der Waals surface area contributed by atoms with Crippen LogP contribution in [0.2, 0.25) is 5.02 Å². The second-order valence-corrected chi connectivity index (χ2v) is 8.02. The van der Waals surface area contributed by atoms with Gasteiger partial charge in [-0.1, -0.05) is 11.6 Å². The molecule has 2 heterocycles. The van der Waals surface area contributed by atoms with Crippen molar-refractivity contribution in [1.29, 1.82) is 0 Å². The normalized spacial score (nSPS) is 16.5. The van der Waals surface area contributed by atoms with Crippen LogP contribution in [-0.2, 0) is 10.0 Å². The summed E-state index contributed by atoms with van der Waals surface area (Å²) in [4.78, 5) is 12.2. The van der Waals surface area contributed by atoms with Crippen molar-refractivity contribution in [2.75, 3.05) is 24.1 Å². The number of hydrogen-bond acceptors (Lipinski definition) is 5. The Morgan fingerprint density at radius 2 is 1.76 bits per heavy atom. The molecule has 2 aromatic carbocycles. The molecule has 0 spiro atoms. The Balaban J connectivity index is 1.79. The molecule has 0 saturated heterocycles. The first-order valence-corrected chi connectivity index (χ1v) is 9.54. The number of benzene rings is 2. The Hall–Kier alpha value is -2.25. The van der Waals surface area contributed by atoms with E-state index in [1.54, 1.807) is 18.2 Å². The lowest BCUT2D eigenvalue weighted by molar-refractivity contribution is 0.0982. The lowest BCUT2D eigenvalue weighted by Gasteiger charge is -2.30. The van der Waals surface area contributed by atoms with E-state index in [0.29, 0.717) is 41.0 Å². The summed E-state index contributed by atoms with van der Waals surface area (Å²) in [7, 11) is -3.84. The van der Waals surface area contributed by atoms with E-state index in [0.717, 1.165) is 0 Å². The van der Waals surface area contributed by atoms with Gasteiger partial charge in [-0.15, -0.1) is 0 Å². The number of carbonyl (C=O) groups excluding carboxylic acids is 1. The maximum Gasteiger partial charge on any atom is 0.264 e. The van der Waals surface area contributed by atoms with Crippen molar-refractivity contribution in [3.05, 3.63) is 47.0 Å². The topological polar surface area (TPSA) is 72.9 Å². The average Bonchev–Trinajstić information content (AvgIpc) is 2.62. The summed E-state index contributed by atoms with van der Waals surface area (Å²) < 4.78 is 38.4. The molecule has 4 rings (SSSR count). The van der Waals surface area contributed by atoms with Gasteiger partial charge in [-0.3, -0.25) is 9.10 Å². The molecule has 2 aliphatic heterocycles. The molecular weight excluding hydrogens is 366 g/mol. The minimum atomic E-state index is -3.84. The zero-order valence-electron chi connectivity index (χ0n) is 13.1. The number of rotatable bonds is 2. The van der Waals surface area contributed by atoms with Gasteiger partial charge >= 0.3 is 0 Å². The fraction of sp³-hybridized carbons (Fsp3) is 0.235. The van der Waals surface area contributed by atoms with Crippen LogP contribution in [0.15, 0.2) is 41.3 Å². The summed E-state index contributed by atoms with van der Waals surface area (Å²) in [6.07, 6.45) is 0.108. The molecule has 0 N–H and O–H groups in total.